The van der Waals surface area contributed by atoms with Crippen LogP contribution in [0.4, 0.5) is 0 Å². The Balaban J connectivity index is 3.24. The van der Waals surface area contributed by atoms with E-state index < -0.39 is 8.80 Å². The Morgan fingerprint density at radius 3 is 1.73 bits per heavy atom. The molecule has 5 nitrogen and oxygen atoms in total. The van der Waals surface area contributed by atoms with Crippen molar-refractivity contribution in [1.29, 1.82) is 0 Å². The van der Waals surface area contributed by atoms with Crippen LogP contribution in [-0.2, 0) is 22.9 Å². The highest BCUT2D eigenvalue weighted by atomic mass is 32.2. The first-order valence-electron chi connectivity index (χ1n) is 11.6. The van der Waals surface area contributed by atoms with Crippen molar-refractivity contribution in [2.75, 3.05) is 31.3 Å². The molecule has 1 rings (SSSR count). The summed E-state index contributed by atoms with van der Waals surface area (Å²) < 4.78 is 19.1. The van der Waals surface area contributed by atoms with E-state index in [1.165, 1.54) is 55.6 Å². The maximum absolute atomic E-state index is 11.6. The van der Waals surface area contributed by atoms with E-state index in [0.717, 1.165) is 24.3 Å². The van der Waals surface area contributed by atoms with Crippen molar-refractivity contribution in [1.82, 2.24) is 0 Å². The van der Waals surface area contributed by atoms with Crippen LogP contribution in [0.5, 0.6) is 0 Å². The summed E-state index contributed by atoms with van der Waals surface area (Å²) in [4.78, 5) is 23.2. The lowest BCUT2D eigenvalue weighted by molar-refractivity contribution is -0.109. The zero-order valence-corrected chi connectivity index (χ0v) is 22.2. The molecule has 0 aromatic heterocycles. The summed E-state index contributed by atoms with van der Waals surface area (Å²) >= 11 is 2.80. The number of carbonyl (C=O) groups is 2. The Morgan fingerprint density at radius 1 is 0.833 bits per heavy atom. The number of thioether (sulfide) groups is 2. The van der Waals surface area contributed by atoms with Crippen molar-refractivity contribution in [2.24, 2.45) is 11.8 Å². The fourth-order valence-corrected chi connectivity index (χ4v) is 9.81. The Kier molecular flexibility index (Phi) is 14.9. The third kappa shape index (κ3) is 9.73. The van der Waals surface area contributed by atoms with Crippen LogP contribution in [0.3, 0.4) is 0 Å². The number of rotatable bonds is 15. The molecule has 0 amide bonds. The van der Waals surface area contributed by atoms with E-state index in [1.54, 1.807) is 13.8 Å². The zero-order valence-electron chi connectivity index (χ0n) is 19.6. The van der Waals surface area contributed by atoms with Crippen molar-refractivity contribution in [2.45, 2.75) is 85.1 Å². The van der Waals surface area contributed by atoms with Crippen molar-refractivity contribution >= 4 is 42.6 Å². The van der Waals surface area contributed by atoms with Crippen LogP contribution in [0.2, 0.25) is 5.54 Å². The number of carbonyl (C=O) groups excluding carboxylic acids is 2. The van der Waals surface area contributed by atoms with Crippen molar-refractivity contribution in [3.05, 3.63) is 0 Å². The van der Waals surface area contributed by atoms with Gasteiger partial charge >= 0.3 is 8.80 Å². The van der Waals surface area contributed by atoms with E-state index in [9.17, 15) is 9.59 Å². The van der Waals surface area contributed by atoms with E-state index in [2.05, 4.69) is 0 Å². The molecular formula is C22H42O5S2Si. The van der Waals surface area contributed by atoms with E-state index in [4.69, 9.17) is 13.3 Å². The fraction of sp³-hybridized carbons (Fsp3) is 0.909. The quantitative estimate of drug-likeness (QED) is 0.270. The second-order valence-corrected chi connectivity index (χ2v) is 13.2. The van der Waals surface area contributed by atoms with Gasteiger partial charge in [0, 0.05) is 50.7 Å². The van der Waals surface area contributed by atoms with Gasteiger partial charge < -0.3 is 13.3 Å². The molecule has 0 heterocycles. The summed E-state index contributed by atoms with van der Waals surface area (Å²) in [5.74, 6) is 2.57. The molecule has 0 radical (unpaired) electrons. The molecule has 0 aromatic rings. The molecule has 1 aliphatic rings. The van der Waals surface area contributed by atoms with Crippen LogP contribution in [-0.4, -0.2) is 50.4 Å². The Morgan fingerprint density at radius 2 is 1.30 bits per heavy atom. The van der Waals surface area contributed by atoms with Gasteiger partial charge in [-0.2, -0.15) is 0 Å². The predicted molar refractivity (Wildman–Crippen MR) is 130 cm³/mol. The highest BCUT2D eigenvalue weighted by molar-refractivity contribution is 8.13. The minimum Gasteiger partial charge on any atom is -0.374 e. The maximum atomic E-state index is 11.6. The summed E-state index contributed by atoms with van der Waals surface area (Å²) in [5, 5.41) is 0.315. The van der Waals surface area contributed by atoms with Crippen LogP contribution in [0.1, 0.15) is 79.6 Å². The maximum Gasteiger partial charge on any atom is 0.504 e. The minimum atomic E-state index is -2.94. The Bertz CT molecular complexity index is 483. The van der Waals surface area contributed by atoms with Gasteiger partial charge in [0.2, 0.25) is 0 Å². The molecule has 0 spiro atoms. The molecule has 8 heteroatoms. The fourth-order valence-electron chi connectivity index (χ4n) is 4.70. The molecule has 0 bridgehead atoms. The summed E-state index contributed by atoms with van der Waals surface area (Å²) in [6.45, 7) is 10.9. The first kappa shape index (κ1) is 28.2. The average Bonchev–Trinajstić information content (AvgIpc) is 2.70. The zero-order chi connectivity index (χ0) is 22.4. The highest BCUT2D eigenvalue weighted by Crippen LogP contribution is 2.46. The lowest BCUT2D eigenvalue weighted by Gasteiger charge is -2.43. The van der Waals surface area contributed by atoms with Gasteiger partial charge in [-0.05, 0) is 45.4 Å². The van der Waals surface area contributed by atoms with Crippen LogP contribution >= 0.6 is 23.5 Å². The molecule has 0 aliphatic heterocycles. The second kappa shape index (κ2) is 15.9. The molecule has 0 N–H and O–H groups in total. The highest BCUT2D eigenvalue weighted by Gasteiger charge is 2.53. The first-order valence-corrected chi connectivity index (χ1v) is 15.4. The van der Waals surface area contributed by atoms with E-state index in [0.29, 0.717) is 31.7 Å². The molecule has 30 heavy (non-hydrogen) atoms. The van der Waals surface area contributed by atoms with Gasteiger partial charge in [0.05, 0.1) is 0 Å². The summed E-state index contributed by atoms with van der Waals surface area (Å²) in [5.41, 5.74) is 0.153. The van der Waals surface area contributed by atoms with Crippen LogP contribution in [0.15, 0.2) is 0 Å². The van der Waals surface area contributed by atoms with Crippen LogP contribution in [0.25, 0.3) is 0 Å². The lowest BCUT2D eigenvalue weighted by atomic mass is 9.76. The molecular weight excluding hydrogens is 436 g/mol. The molecule has 2 atom stereocenters. The molecule has 2 unspecified atom stereocenters. The van der Waals surface area contributed by atoms with Crippen LogP contribution < -0.4 is 0 Å². The van der Waals surface area contributed by atoms with Crippen molar-refractivity contribution in [3.8, 4) is 0 Å². The molecule has 1 fully saturated rings. The van der Waals surface area contributed by atoms with Crippen molar-refractivity contribution in [3.63, 3.8) is 0 Å². The molecule has 176 valence electrons. The Hall–Kier alpha value is 0.137. The first-order chi connectivity index (χ1) is 14.4. The molecule has 1 aliphatic carbocycles. The molecule has 0 aromatic carbocycles. The van der Waals surface area contributed by atoms with E-state index in [1.807, 2.05) is 20.8 Å². The molecule has 1 saturated carbocycles. The topological polar surface area (TPSA) is 61.8 Å². The second-order valence-electron chi connectivity index (χ2n) is 7.83. The normalized spacial score (nSPS) is 17.6. The van der Waals surface area contributed by atoms with Gasteiger partial charge in [0.15, 0.2) is 10.2 Å². The number of hydrogen-bond acceptors (Lipinski definition) is 7. The summed E-state index contributed by atoms with van der Waals surface area (Å²) in [6.07, 6.45) is 8.10. The monoisotopic (exact) mass is 478 g/mol. The third-order valence-corrected chi connectivity index (χ3v) is 11.1. The largest absolute Gasteiger partial charge is 0.504 e. The van der Waals surface area contributed by atoms with Gasteiger partial charge in [-0.1, -0.05) is 55.6 Å². The van der Waals surface area contributed by atoms with Crippen LogP contribution in [0, 0.1) is 11.8 Å². The van der Waals surface area contributed by atoms with Gasteiger partial charge in [-0.25, -0.2) is 0 Å². The predicted octanol–water partition coefficient (Wildman–Crippen LogP) is 5.94. The molecule has 0 saturated heterocycles. The lowest BCUT2D eigenvalue weighted by Crippen LogP contribution is -2.54. The van der Waals surface area contributed by atoms with Gasteiger partial charge in [0.1, 0.15) is 0 Å². The average molecular weight is 479 g/mol. The van der Waals surface area contributed by atoms with Crippen molar-refractivity contribution < 1.29 is 22.9 Å². The van der Waals surface area contributed by atoms with E-state index in [-0.39, 0.29) is 15.8 Å². The minimum absolute atomic E-state index is 0.145. The summed E-state index contributed by atoms with van der Waals surface area (Å²) in [6, 6.07) is 0. The van der Waals surface area contributed by atoms with Gasteiger partial charge in [-0.3, -0.25) is 9.59 Å². The smallest absolute Gasteiger partial charge is 0.374 e. The SMILES string of the molecule is CCO[Si](OCC)(OCC)C(CCSC(C)=O)C(CCSC(C)=O)C1CCCCC1. The standard InChI is InChI=1S/C22H42O5S2Si/c1-6-25-30(26-7-2,27-8-3)22(15-17-29-19(5)24)21(14-16-28-18(4)23)20-12-10-9-11-13-20/h20-22H,6-17H2,1-5H3. The van der Waals surface area contributed by atoms with Gasteiger partial charge in [0.25, 0.3) is 0 Å². The third-order valence-electron chi connectivity index (χ3n) is 5.75. The van der Waals surface area contributed by atoms with E-state index >= 15 is 0 Å². The number of hydrogen-bond donors (Lipinski definition) is 0. The van der Waals surface area contributed by atoms with Gasteiger partial charge in [-0.15, -0.1) is 0 Å². The summed E-state index contributed by atoms with van der Waals surface area (Å²) in [7, 11) is -2.94. The Labute approximate surface area is 193 Å².